The molecule has 3 aliphatic rings. The fourth-order valence-corrected chi connectivity index (χ4v) is 8.43. The molecule has 14 heteroatoms. The molecule has 51 heavy (non-hydrogen) atoms. The van der Waals surface area contributed by atoms with E-state index in [1.165, 1.54) is 23.5 Å². The molecule has 2 saturated heterocycles. The fourth-order valence-electron chi connectivity index (χ4n) is 8.10. The number of rotatable bonds is 6. The van der Waals surface area contributed by atoms with Crippen molar-refractivity contribution in [2.75, 3.05) is 32.1 Å². The Morgan fingerprint density at radius 3 is 2.61 bits per heavy atom. The van der Waals surface area contributed by atoms with Gasteiger partial charge in [0.25, 0.3) is 5.56 Å². The highest BCUT2D eigenvalue weighted by atomic mass is 35.5. The van der Waals surface area contributed by atoms with Crippen LogP contribution in [0.2, 0.25) is 5.02 Å². The monoisotopic (exact) mass is 707 g/mol. The molecular formula is C37H38ClN9O4. The summed E-state index contributed by atoms with van der Waals surface area (Å²) >= 11 is 7.24. The van der Waals surface area contributed by atoms with Gasteiger partial charge in [-0.3, -0.25) is 18.8 Å². The fraction of sp³-hybridized carbons (Fsp3) is 0.351. The molecule has 0 saturated carbocycles. The van der Waals surface area contributed by atoms with Crippen molar-refractivity contribution in [3.05, 3.63) is 91.3 Å². The summed E-state index contributed by atoms with van der Waals surface area (Å²) in [6, 6.07) is 14.0. The third-order valence-electron chi connectivity index (χ3n) is 10.8. The van der Waals surface area contributed by atoms with Crippen LogP contribution in [0.25, 0.3) is 33.4 Å². The predicted octanol–water partition coefficient (Wildman–Crippen LogP) is 4.60. The number of aryl methyl sites for hydroxylation is 2. The minimum atomic E-state index is -0.482. The van der Waals surface area contributed by atoms with E-state index in [1.807, 2.05) is 43.3 Å². The number of nitrogens with zero attached hydrogens (tertiary/aromatic N) is 6. The van der Waals surface area contributed by atoms with E-state index in [9.17, 15) is 14.4 Å². The molecule has 2 amide bonds. The molecule has 2 atom stereocenters. The molecule has 0 bridgehead atoms. The first-order valence-electron chi connectivity index (χ1n) is 17.0. The van der Waals surface area contributed by atoms with Crippen LogP contribution in [0.4, 0.5) is 16.3 Å². The van der Waals surface area contributed by atoms with Gasteiger partial charge in [0.1, 0.15) is 17.5 Å². The topological polar surface area (TPSA) is 148 Å². The third-order valence-corrected chi connectivity index (χ3v) is 11.2. The molecule has 262 valence electrons. The Bertz CT molecular complexity index is 2370. The van der Waals surface area contributed by atoms with Crippen molar-refractivity contribution in [1.29, 1.82) is 0 Å². The van der Waals surface area contributed by atoms with Crippen molar-refractivity contribution in [1.82, 2.24) is 39.6 Å². The molecule has 8 rings (SSSR count). The predicted molar refractivity (Wildman–Crippen MR) is 196 cm³/mol. The lowest BCUT2D eigenvalue weighted by atomic mass is 9.93. The van der Waals surface area contributed by atoms with Crippen LogP contribution in [0, 0.1) is 6.92 Å². The minimum Gasteiger partial charge on any atom is -0.481 e. The van der Waals surface area contributed by atoms with E-state index >= 15 is 0 Å². The zero-order valence-corrected chi connectivity index (χ0v) is 29.6. The second kappa shape index (κ2) is 12.5. The number of urea groups is 1. The average molecular weight is 708 g/mol. The van der Waals surface area contributed by atoms with E-state index in [2.05, 4.69) is 36.9 Å². The van der Waals surface area contributed by atoms with Crippen molar-refractivity contribution in [2.24, 2.45) is 14.1 Å². The molecule has 1 aliphatic carbocycles. The summed E-state index contributed by atoms with van der Waals surface area (Å²) in [5.74, 6) is 0.901. The number of amides is 2. The maximum absolute atomic E-state index is 13.2. The molecule has 1 unspecified atom stereocenters. The summed E-state index contributed by atoms with van der Waals surface area (Å²) in [5.41, 5.74) is 6.28. The molecule has 2 fully saturated rings. The number of nitrogens with one attached hydrogen (secondary N) is 3. The molecule has 3 N–H and O–H groups in total. The van der Waals surface area contributed by atoms with Crippen LogP contribution in [0.5, 0.6) is 5.88 Å². The van der Waals surface area contributed by atoms with Crippen LogP contribution in [-0.2, 0) is 20.5 Å². The Balaban J connectivity index is 1.12. The Kier molecular flexibility index (Phi) is 8.06. The zero-order chi connectivity index (χ0) is 35.6. The largest absolute Gasteiger partial charge is 0.481 e. The first kappa shape index (κ1) is 32.9. The van der Waals surface area contributed by atoms with Crippen LogP contribution in [0.15, 0.2) is 58.4 Å². The number of pyridine rings is 1. The molecule has 5 heterocycles. The summed E-state index contributed by atoms with van der Waals surface area (Å²) in [6.07, 6.45) is 5.01. The van der Waals surface area contributed by atoms with Gasteiger partial charge < -0.3 is 20.7 Å². The number of aromatic nitrogens is 5. The van der Waals surface area contributed by atoms with E-state index in [1.54, 1.807) is 14.2 Å². The highest BCUT2D eigenvalue weighted by molar-refractivity contribution is 6.36. The number of carbonyl (C=O) groups is 1. The van der Waals surface area contributed by atoms with Crippen LogP contribution in [0.1, 0.15) is 42.0 Å². The lowest BCUT2D eigenvalue weighted by molar-refractivity contribution is 0.187. The lowest BCUT2D eigenvalue weighted by Gasteiger charge is -2.36. The zero-order valence-electron chi connectivity index (χ0n) is 28.8. The Hall–Kier alpha value is -5.27. The number of hydrogen-bond acceptors (Lipinski definition) is 9. The highest BCUT2D eigenvalue weighted by Gasteiger charge is 2.45. The van der Waals surface area contributed by atoms with Gasteiger partial charge in [0.05, 0.1) is 23.4 Å². The number of halogens is 1. The molecular weight excluding hydrogens is 670 g/mol. The van der Waals surface area contributed by atoms with Crippen molar-refractivity contribution >= 4 is 40.2 Å². The van der Waals surface area contributed by atoms with Crippen LogP contribution in [0.3, 0.4) is 0 Å². The van der Waals surface area contributed by atoms with Crippen molar-refractivity contribution in [3.8, 4) is 28.3 Å². The maximum Gasteiger partial charge on any atom is 0.332 e. The standard InChI is InChI=1S/C37H38ClN9O4/c1-20-22(7-6-10-25(20)42-31-29-32(41-19-40-31)45(2)36(50)46(3)34(29)48)23-8-5-9-24(30(23)38)26-17-21-11-12-27(28(21)33(43-26)51-4)47-16-14-37(18-47)13-15-39-35(49)44-37/h5-10,17,19,27H,11-16,18H2,1-4H3,(H2,39,44,49)(H,40,41,42)/t27?,37-/m0/s1. The summed E-state index contributed by atoms with van der Waals surface area (Å²) in [7, 11) is 4.67. The van der Waals surface area contributed by atoms with E-state index in [4.69, 9.17) is 21.3 Å². The van der Waals surface area contributed by atoms with Crippen LogP contribution in [-0.4, -0.2) is 67.3 Å². The second-order valence-electron chi connectivity index (χ2n) is 13.7. The summed E-state index contributed by atoms with van der Waals surface area (Å²) in [4.78, 5) is 53.9. The van der Waals surface area contributed by atoms with E-state index in [0.717, 1.165) is 82.5 Å². The first-order chi connectivity index (χ1) is 24.6. The number of anilines is 2. The number of methoxy groups -OCH3 is 1. The minimum absolute atomic E-state index is 0.0864. The van der Waals surface area contributed by atoms with Gasteiger partial charge in [-0.15, -0.1) is 0 Å². The van der Waals surface area contributed by atoms with Gasteiger partial charge in [-0.05, 0) is 61.4 Å². The van der Waals surface area contributed by atoms with E-state index in [0.29, 0.717) is 23.3 Å². The van der Waals surface area contributed by atoms with E-state index < -0.39 is 11.2 Å². The van der Waals surface area contributed by atoms with Gasteiger partial charge >= 0.3 is 11.7 Å². The number of hydrogen-bond donors (Lipinski definition) is 3. The summed E-state index contributed by atoms with van der Waals surface area (Å²) < 4.78 is 8.33. The highest BCUT2D eigenvalue weighted by Crippen LogP contribution is 2.46. The number of likely N-dealkylation sites (tertiary alicyclic amines) is 1. The Morgan fingerprint density at radius 1 is 1.02 bits per heavy atom. The molecule has 13 nitrogen and oxygen atoms in total. The quantitative estimate of drug-likeness (QED) is 0.230. The molecule has 3 aromatic heterocycles. The third kappa shape index (κ3) is 5.42. The van der Waals surface area contributed by atoms with Crippen LogP contribution >= 0.6 is 11.6 Å². The summed E-state index contributed by atoms with van der Waals surface area (Å²) in [5, 5.41) is 10.2. The number of carbonyl (C=O) groups excluding carboxylic acids is 1. The lowest BCUT2D eigenvalue weighted by Crippen LogP contribution is -2.59. The Morgan fingerprint density at radius 2 is 1.80 bits per heavy atom. The smallest absolute Gasteiger partial charge is 0.332 e. The van der Waals surface area contributed by atoms with Gasteiger partial charge in [0.2, 0.25) is 5.88 Å². The van der Waals surface area contributed by atoms with Crippen molar-refractivity contribution in [2.45, 2.75) is 44.2 Å². The SMILES string of the molecule is COc1nc(-c2cccc(-c3cccc(Nc4ncnc5c4c(=O)n(C)c(=O)n5C)c3C)c2Cl)cc2c1C(N1CC[C@@]3(CCNC(=O)N3)C1)CC2. The normalized spacial score (nSPS) is 20.0. The number of fused-ring (bicyclic) bond motifs is 2. The van der Waals surface area contributed by atoms with Gasteiger partial charge in [-0.2, -0.15) is 0 Å². The van der Waals surface area contributed by atoms with Crippen molar-refractivity contribution in [3.63, 3.8) is 0 Å². The number of benzene rings is 2. The van der Waals surface area contributed by atoms with Gasteiger partial charge in [-0.1, -0.05) is 41.9 Å². The maximum atomic E-state index is 13.2. The van der Waals surface area contributed by atoms with Crippen molar-refractivity contribution < 1.29 is 9.53 Å². The molecule has 2 aromatic carbocycles. The summed E-state index contributed by atoms with van der Waals surface area (Å²) in [6.45, 7) is 4.38. The van der Waals surface area contributed by atoms with Gasteiger partial charge in [-0.25, -0.2) is 24.5 Å². The number of ether oxygens (including phenoxy) is 1. The molecule has 1 spiro atoms. The molecule has 2 aliphatic heterocycles. The first-order valence-corrected chi connectivity index (χ1v) is 17.4. The van der Waals surface area contributed by atoms with E-state index in [-0.39, 0.29) is 28.6 Å². The second-order valence-corrected chi connectivity index (χ2v) is 14.1. The average Bonchev–Trinajstić information content (AvgIpc) is 3.74. The Labute approximate surface area is 298 Å². The van der Waals surface area contributed by atoms with Gasteiger partial charge in [0.15, 0.2) is 5.65 Å². The molecule has 5 aromatic rings. The van der Waals surface area contributed by atoms with Gasteiger partial charge in [0, 0.05) is 62.1 Å². The van der Waals surface area contributed by atoms with Crippen LogP contribution < -0.4 is 31.9 Å². The molecule has 0 radical (unpaired) electrons.